The van der Waals surface area contributed by atoms with E-state index >= 15 is 0 Å². The predicted molar refractivity (Wildman–Crippen MR) is 262 cm³/mol. The number of para-hydroxylation sites is 1. The van der Waals surface area contributed by atoms with Crippen molar-refractivity contribution in [1.82, 2.24) is 4.57 Å². The van der Waals surface area contributed by atoms with Crippen molar-refractivity contribution in [3.05, 3.63) is 224 Å². The van der Waals surface area contributed by atoms with E-state index in [1.165, 1.54) is 86.5 Å². The number of nitrogens with zero attached hydrogens (tertiary/aromatic N) is 2. The van der Waals surface area contributed by atoms with Crippen LogP contribution in [0.1, 0.15) is 17.7 Å². The van der Waals surface area contributed by atoms with E-state index < -0.39 is 0 Å². The molecule has 12 rings (SSSR count). The molecule has 2 nitrogen and oxygen atoms in total. The second-order valence-electron chi connectivity index (χ2n) is 16.1. The first-order valence-corrected chi connectivity index (χ1v) is 21.9. The topological polar surface area (TPSA) is 8.17 Å². The summed E-state index contributed by atoms with van der Waals surface area (Å²) in [5.74, 6) is 0. The summed E-state index contributed by atoms with van der Waals surface area (Å²) >= 11 is 1.86. The van der Waals surface area contributed by atoms with Crippen molar-refractivity contribution in [2.45, 2.75) is 12.8 Å². The van der Waals surface area contributed by atoms with Crippen LogP contribution in [0.3, 0.4) is 0 Å². The molecule has 0 saturated carbocycles. The highest BCUT2D eigenvalue weighted by Crippen LogP contribution is 2.41. The Hall–Kier alpha value is -7.46. The monoisotopic (exact) mass is 796 g/mol. The summed E-state index contributed by atoms with van der Waals surface area (Å²) in [6, 6.07) is 75.9. The third-order valence-corrected chi connectivity index (χ3v) is 13.6. The molecule has 9 aromatic carbocycles. The molecule has 1 aliphatic rings. The standard InChI is InChI=1S/C58H40N2S/c1-2-12-42-36-45(24-23-39(42)11-1)44-14-9-13-43(35-44)40-25-30-47(31-26-40)59(48-32-27-41(28-33-48)46-29-34-58-54(37-46)53-19-5-8-22-57(53)61-58)49-15-10-16-50(38-49)60-55-20-6-3-17-51(55)52-18-4-7-21-56(52)60/h1-3,5-17,19-38H,4,18H2. The van der Waals surface area contributed by atoms with Crippen molar-refractivity contribution >= 4 is 76.3 Å². The molecule has 0 N–H and O–H groups in total. The number of fused-ring (bicyclic) bond motifs is 7. The fourth-order valence-corrected chi connectivity index (χ4v) is 10.5. The van der Waals surface area contributed by atoms with Gasteiger partial charge in [-0.15, -0.1) is 11.3 Å². The molecule has 0 unspecified atom stereocenters. The van der Waals surface area contributed by atoms with Crippen molar-refractivity contribution in [2.24, 2.45) is 0 Å². The Morgan fingerprint density at radius 2 is 1.03 bits per heavy atom. The summed E-state index contributed by atoms with van der Waals surface area (Å²) < 4.78 is 5.10. The fraction of sp³-hybridized carbons (Fsp3) is 0.0345. The van der Waals surface area contributed by atoms with Gasteiger partial charge >= 0.3 is 0 Å². The number of aryl methyl sites for hydroxylation is 1. The zero-order valence-corrected chi connectivity index (χ0v) is 34.3. The average Bonchev–Trinajstić information content (AvgIpc) is 3.88. The summed E-state index contributed by atoms with van der Waals surface area (Å²) in [5, 5.41) is 6.49. The largest absolute Gasteiger partial charge is 0.310 e. The number of anilines is 3. The zero-order valence-electron chi connectivity index (χ0n) is 33.5. The van der Waals surface area contributed by atoms with Crippen LogP contribution in [0, 0.1) is 0 Å². The van der Waals surface area contributed by atoms with E-state index in [4.69, 9.17) is 0 Å². The van der Waals surface area contributed by atoms with Crippen molar-refractivity contribution in [2.75, 3.05) is 4.90 Å². The molecular formula is C58H40N2S. The van der Waals surface area contributed by atoms with E-state index in [9.17, 15) is 0 Å². The molecule has 0 spiro atoms. The lowest BCUT2D eigenvalue weighted by Gasteiger charge is -2.27. The van der Waals surface area contributed by atoms with Gasteiger partial charge in [-0.1, -0.05) is 133 Å². The van der Waals surface area contributed by atoms with Gasteiger partial charge in [-0.3, -0.25) is 0 Å². The maximum atomic E-state index is 2.45. The molecule has 0 fully saturated rings. The number of hydrogen-bond acceptors (Lipinski definition) is 2. The van der Waals surface area contributed by atoms with Crippen LogP contribution >= 0.6 is 11.3 Å². The normalized spacial score (nSPS) is 12.4. The van der Waals surface area contributed by atoms with Crippen LogP contribution < -0.4 is 4.90 Å². The average molecular weight is 797 g/mol. The lowest BCUT2D eigenvalue weighted by atomic mass is 9.97. The summed E-state index contributed by atoms with van der Waals surface area (Å²) in [6.45, 7) is 0. The van der Waals surface area contributed by atoms with Crippen LogP contribution in [0.5, 0.6) is 0 Å². The van der Waals surface area contributed by atoms with Crippen LogP contribution in [0.2, 0.25) is 0 Å². The number of benzene rings is 9. The maximum absolute atomic E-state index is 2.45. The van der Waals surface area contributed by atoms with Gasteiger partial charge in [0, 0.05) is 54.0 Å². The number of aromatic nitrogens is 1. The molecule has 2 heterocycles. The highest BCUT2D eigenvalue weighted by atomic mass is 32.1. The minimum atomic E-state index is 1.06. The van der Waals surface area contributed by atoms with Gasteiger partial charge in [-0.05, 0) is 147 Å². The van der Waals surface area contributed by atoms with Gasteiger partial charge in [0.15, 0.2) is 0 Å². The third kappa shape index (κ3) is 6.25. The maximum Gasteiger partial charge on any atom is 0.0537 e. The molecule has 0 amide bonds. The Balaban J connectivity index is 0.945. The highest BCUT2D eigenvalue weighted by molar-refractivity contribution is 7.25. The zero-order chi connectivity index (χ0) is 40.3. The van der Waals surface area contributed by atoms with Crippen LogP contribution in [-0.4, -0.2) is 4.57 Å². The number of thiophene rings is 1. The number of rotatable bonds is 7. The summed E-state index contributed by atoms with van der Waals surface area (Å²) in [4.78, 5) is 2.39. The first-order chi connectivity index (χ1) is 30.2. The Kier molecular flexibility index (Phi) is 8.53. The smallest absolute Gasteiger partial charge is 0.0537 e. The molecule has 1 aliphatic carbocycles. The summed E-state index contributed by atoms with van der Waals surface area (Å²) in [5.41, 5.74) is 15.7. The Morgan fingerprint density at radius 1 is 0.410 bits per heavy atom. The van der Waals surface area contributed by atoms with E-state index in [1.54, 1.807) is 0 Å². The first-order valence-electron chi connectivity index (χ1n) is 21.1. The van der Waals surface area contributed by atoms with Crippen LogP contribution in [0.4, 0.5) is 17.1 Å². The van der Waals surface area contributed by atoms with E-state index in [2.05, 4.69) is 228 Å². The minimum Gasteiger partial charge on any atom is -0.310 e. The van der Waals surface area contributed by atoms with Crippen molar-refractivity contribution in [3.8, 4) is 39.1 Å². The molecule has 0 bridgehead atoms. The summed E-state index contributed by atoms with van der Waals surface area (Å²) in [7, 11) is 0. The van der Waals surface area contributed by atoms with Crippen molar-refractivity contribution in [3.63, 3.8) is 0 Å². The SMILES string of the molecule is C1=Cc2c(c3ccccc3n2-c2cccc(N(c3ccc(-c4cccc(-c5ccc6ccccc6c5)c4)cc3)c3ccc(-c4ccc5sc6ccccc6c5c4)cc3)c2)CC1. The van der Waals surface area contributed by atoms with E-state index in [-0.39, 0.29) is 0 Å². The lowest BCUT2D eigenvalue weighted by molar-refractivity contribution is 0.967. The second kappa shape index (κ2) is 14.7. The van der Waals surface area contributed by atoms with Crippen LogP contribution in [-0.2, 0) is 6.42 Å². The Morgan fingerprint density at radius 3 is 1.85 bits per heavy atom. The lowest BCUT2D eigenvalue weighted by Crippen LogP contribution is -2.11. The molecule has 0 aliphatic heterocycles. The molecule has 61 heavy (non-hydrogen) atoms. The van der Waals surface area contributed by atoms with E-state index in [0.717, 1.165) is 35.6 Å². The quantitative estimate of drug-likeness (QED) is 0.156. The molecule has 3 heteroatoms. The summed E-state index contributed by atoms with van der Waals surface area (Å²) in [6.07, 6.45) is 6.76. The number of hydrogen-bond donors (Lipinski definition) is 0. The molecule has 0 saturated heterocycles. The van der Waals surface area contributed by atoms with Gasteiger partial charge in [0.05, 0.1) is 5.52 Å². The van der Waals surface area contributed by atoms with E-state index in [1.807, 2.05) is 11.3 Å². The molecule has 11 aromatic rings. The van der Waals surface area contributed by atoms with Gasteiger partial charge in [-0.2, -0.15) is 0 Å². The van der Waals surface area contributed by atoms with Gasteiger partial charge in [-0.25, -0.2) is 0 Å². The Bertz CT molecular complexity index is 3480. The van der Waals surface area contributed by atoms with Crippen LogP contribution in [0.25, 0.3) is 87.0 Å². The van der Waals surface area contributed by atoms with Gasteiger partial charge in [0.25, 0.3) is 0 Å². The highest BCUT2D eigenvalue weighted by Gasteiger charge is 2.20. The van der Waals surface area contributed by atoms with Crippen molar-refractivity contribution in [1.29, 1.82) is 0 Å². The minimum absolute atomic E-state index is 1.06. The van der Waals surface area contributed by atoms with Gasteiger partial charge in [0.2, 0.25) is 0 Å². The fourth-order valence-electron chi connectivity index (χ4n) is 9.44. The first kappa shape index (κ1) is 35.5. The third-order valence-electron chi connectivity index (χ3n) is 12.4. The molecule has 0 atom stereocenters. The predicted octanol–water partition coefficient (Wildman–Crippen LogP) is 16.6. The van der Waals surface area contributed by atoms with Gasteiger partial charge < -0.3 is 9.47 Å². The van der Waals surface area contributed by atoms with Gasteiger partial charge in [0.1, 0.15) is 0 Å². The second-order valence-corrected chi connectivity index (χ2v) is 17.1. The molecular weight excluding hydrogens is 757 g/mol. The molecule has 288 valence electrons. The Labute approximate surface area is 359 Å². The molecule has 0 radical (unpaired) electrons. The van der Waals surface area contributed by atoms with Crippen LogP contribution in [0.15, 0.2) is 212 Å². The van der Waals surface area contributed by atoms with E-state index in [0.29, 0.717) is 0 Å². The number of allylic oxidation sites excluding steroid dienone is 1. The van der Waals surface area contributed by atoms with Crippen molar-refractivity contribution < 1.29 is 0 Å². The molecule has 2 aromatic heterocycles.